The zero-order valence-electron chi connectivity index (χ0n) is 8.14. The van der Waals surface area contributed by atoms with E-state index in [0.29, 0.717) is 11.7 Å². The van der Waals surface area contributed by atoms with Gasteiger partial charge in [-0.15, -0.1) is 0 Å². The van der Waals surface area contributed by atoms with Crippen LogP contribution in [0.5, 0.6) is 0 Å². The molecule has 1 unspecified atom stereocenters. The van der Waals surface area contributed by atoms with Crippen LogP contribution >= 0.6 is 0 Å². The molecule has 12 heavy (non-hydrogen) atoms. The first-order valence-corrected chi connectivity index (χ1v) is 4.29. The molecule has 0 bridgehead atoms. The van der Waals surface area contributed by atoms with E-state index in [-0.39, 0.29) is 24.0 Å². The molecule has 1 atom stereocenters. The molecule has 0 N–H and O–H groups in total. The number of quaternary nitrogens is 1. The average molecular weight is 283 g/mol. The molecule has 2 nitrogen and oxygen atoms in total. The van der Waals surface area contributed by atoms with Gasteiger partial charge in [0.25, 0.3) is 0 Å². The van der Waals surface area contributed by atoms with Gasteiger partial charge in [0.05, 0.1) is 27.7 Å². The van der Waals surface area contributed by atoms with Crippen LogP contribution in [0.3, 0.4) is 0 Å². The van der Waals surface area contributed by atoms with Crippen LogP contribution < -0.4 is 24.0 Å². The van der Waals surface area contributed by atoms with E-state index in [0.717, 1.165) is 30.3 Å². The molecule has 0 radical (unpaired) electrons. The lowest BCUT2D eigenvalue weighted by molar-refractivity contribution is -0.873. The summed E-state index contributed by atoms with van der Waals surface area (Å²) >= 11 is 0. The second-order valence-corrected chi connectivity index (χ2v) is 4.62. The van der Waals surface area contributed by atoms with Gasteiger partial charge < -0.3 is 28.5 Å². The second-order valence-electron chi connectivity index (χ2n) is 4.62. The third kappa shape index (κ3) is 4.40. The van der Waals surface area contributed by atoms with Crippen molar-refractivity contribution < 1.29 is 33.3 Å². The summed E-state index contributed by atoms with van der Waals surface area (Å²) in [6, 6.07) is 0. The highest BCUT2D eigenvalue weighted by atomic mass is 127. The van der Waals surface area contributed by atoms with Crippen molar-refractivity contribution in [2.45, 2.75) is 19.3 Å². The van der Waals surface area contributed by atoms with Gasteiger partial charge in [0, 0.05) is 18.8 Å². The number of hydrogen-bond acceptors (Lipinski definition) is 1. The van der Waals surface area contributed by atoms with Crippen LogP contribution in [0.1, 0.15) is 19.3 Å². The number of carbonyl (C=O) groups is 1. The highest BCUT2D eigenvalue weighted by molar-refractivity contribution is 5.80. The lowest BCUT2D eigenvalue weighted by atomic mass is 10.1. The number of rotatable bonds is 2. The Bertz CT molecular complexity index is 162. The van der Waals surface area contributed by atoms with Crippen LogP contribution in [0.15, 0.2) is 0 Å². The Labute approximate surface area is 91.9 Å². The number of halogens is 1. The van der Waals surface area contributed by atoms with Crippen LogP contribution in [0.2, 0.25) is 0 Å². The summed E-state index contributed by atoms with van der Waals surface area (Å²) in [6.45, 7) is 1.14. The molecule has 0 aliphatic heterocycles. The number of hydrogen-bond donors (Lipinski definition) is 0. The predicted octanol–water partition coefficient (Wildman–Crippen LogP) is -1.93. The van der Waals surface area contributed by atoms with Gasteiger partial charge in [0.2, 0.25) is 0 Å². The van der Waals surface area contributed by atoms with Crippen molar-refractivity contribution in [3.63, 3.8) is 0 Å². The van der Waals surface area contributed by atoms with Crippen LogP contribution in [0.25, 0.3) is 0 Å². The summed E-state index contributed by atoms with van der Waals surface area (Å²) in [5.41, 5.74) is 0. The summed E-state index contributed by atoms with van der Waals surface area (Å²) in [5, 5.41) is 0. The maximum absolute atomic E-state index is 10.9. The van der Waals surface area contributed by atoms with Gasteiger partial charge in [-0.05, 0) is 6.42 Å². The fourth-order valence-corrected chi connectivity index (χ4v) is 1.82. The lowest BCUT2D eigenvalue weighted by Gasteiger charge is -2.26. The molecule has 1 saturated carbocycles. The van der Waals surface area contributed by atoms with Crippen molar-refractivity contribution in [2.75, 3.05) is 27.7 Å². The Morgan fingerprint density at radius 2 is 2.00 bits per heavy atom. The number of carbonyl (C=O) groups excluding carboxylic acids is 1. The Morgan fingerprint density at radius 3 is 2.33 bits per heavy atom. The van der Waals surface area contributed by atoms with Gasteiger partial charge in [-0.2, -0.15) is 0 Å². The van der Waals surface area contributed by atoms with Gasteiger partial charge in [-0.25, -0.2) is 0 Å². The molecule has 1 aliphatic carbocycles. The molecule has 0 aromatic rings. The minimum Gasteiger partial charge on any atom is -1.00 e. The van der Waals surface area contributed by atoms with E-state index in [9.17, 15) is 4.79 Å². The van der Waals surface area contributed by atoms with Crippen molar-refractivity contribution >= 4 is 5.78 Å². The van der Waals surface area contributed by atoms with Gasteiger partial charge >= 0.3 is 0 Å². The molecule has 0 amide bonds. The highest BCUT2D eigenvalue weighted by Crippen LogP contribution is 2.23. The first kappa shape index (κ1) is 12.4. The van der Waals surface area contributed by atoms with Crippen molar-refractivity contribution in [3.05, 3.63) is 0 Å². The third-order valence-electron chi connectivity index (χ3n) is 2.15. The van der Waals surface area contributed by atoms with E-state index in [1.54, 1.807) is 0 Å². The zero-order chi connectivity index (χ0) is 8.48. The first-order chi connectivity index (χ1) is 4.97. The molecule has 0 aromatic heterocycles. The van der Waals surface area contributed by atoms with Gasteiger partial charge in [-0.1, -0.05) is 0 Å². The zero-order valence-corrected chi connectivity index (χ0v) is 10.3. The fourth-order valence-electron chi connectivity index (χ4n) is 1.82. The molecular formula is C9H18INO. The largest absolute Gasteiger partial charge is 1.00 e. The quantitative estimate of drug-likeness (QED) is 0.426. The van der Waals surface area contributed by atoms with Gasteiger partial charge in [0.15, 0.2) is 0 Å². The van der Waals surface area contributed by atoms with E-state index in [1.807, 2.05) is 0 Å². The number of Topliss-reactive ketones (excluding diaryl/α,β-unsaturated/α-hetero) is 1. The summed E-state index contributed by atoms with van der Waals surface area (Å²) in [5.74, 6) is 1.12. The molecule has 0 heterocycles. The highest BCUT2D eigenvalue weighted by Gasteiger charge is 2.26. The van der Waals surface area contributed by atoms with Crippen molar-refractivity contribution in [3.8, 4) is 0 Å². The van der Waals surface area contributed by atoms with E-state index >= 15 is 0 Å². The average Bonchev–Trinajstić information content (AvgIpc) is 2.10. The molecule has 3 heteroatoms. The SMILES string of the molecule is C[N+](C)(C)CC1CCC(=O)C1.[I-]. The van der Waals surface area contributed by atoms with E-state index in [1.165, 1.54) is 0 Å². The van der Waals surface area contributed by atoms with Crippen molar-refractivity contribution in [1.29, 1.82) is 0 Å². The fraction of sp³-hybridized carbons (Fsp3) is 0.889. The van der Waals surface area contributed by atoms with Crippen LogP contribution in [0, 0.1) is 5.92 Å². The Morgan fingerprint density at radius 1 is 1.42 bits per heavy atom. The predicted molar refractivity (Wildman–Crippen MR) is 45.2 cm³/mol. The summed E-state index contributed by atoms with van der Waals surface area (Å²) in [7, 11) is 6.55. The van der Waals surface area contributed by atoms with Crippen LogP contribution in [0.4, 0.5) is 0 Å². The summed E-state index contributed by atoms with van der Waals surface area (Å²) in [4.78, 5) is 10.9. The topological polar surface area (TPSA) is 17.1 Å². The second kappa shape index (κ2) is 4.56. The Hall–Kier alpha value is 0.360. The standard InChI is InChI=1S/C9H18NO.HI/c1-10(2,3)7-8-4-5-9(11)6-8;/h8H,4-7H2,1-3H3;1H/q+1;/p-1. The normalized spacial score (nSPS) is 23.9. The molecule has 1 rings (SSSR count). The van der Waals surface area contributed by atoms with E-state index in [2.05, 4.69) is 21.1 Å². The van der Waals surface area contributed by atoms with E-state index in [4.69, 9.17) is 0 Å². The van der Waals surface area contributed by atoms with E-state index < -0.39 is 0 Å². The van der Waals surface area contributed by atoms with Gasteiger partial charge in [-0.3, -0.25) is 4.79 Å². The Kier molecular flexibility index (Phi) is 4.69. The van der Waals surface area contributed by atoms with Crippen LogP contribution in [-0.2, 0) is 4.79 Å². The molecule has 0 spiro atoms. The summed E-state index contributed by atoms with van der Waals surface area (Å²) in [6.07, 6.45) is 2.77. The lowest BCUT2D eigenvalue weighted by Crippen LogP contribution is -3.00. The molecular weight excluding hydrogens is 265 g/mol. The molecule has 0 saturated heterocycles. The van der Waals surface area contributed by atoms with Crippen molar-refractivity contribution in [1.82, 2.24) is 0 Å². The minimum atomic E-state index is 0. The maximum atomic E-state index is 10.9. The molecule has 1 fully saturated rings. The van der Waals surface area contributed by atoms with Crippen LogP contribution in [-0.4, -0.2) is 38.0 Å². The third-order valence-corrected chi connectivity index (χ3v) is 2.15. The Balaban J connectivity index is 0.00000121. The molecule has 1 aliphatic rings. The number of ketones is 1. The molecule has 72 valence electrons. The minimum absolute atomic E-state index is 0. The summed E-state index contributed by atoms with van der Waals surface area (Å²) < 4.78 is 0.984. The van der Waals surface area contributed by atoms with Gasteiger partial charge in [0.1, 0.15) is 5.78 Å². The number of nitrogens with zero attached hydrogens (tertiary/aromatic N) is 1. The smallest absolute Gasteiger partial charge is 0.133 e. The monoisotopic (exact) mass is 283 g/mol. The molecule has 0 aromatic carbocycles. The first-order valence-electron chi connectivity index (χ1n) is 4.29. The van der Waals surface area contributed by atoms with Crippen molar-refractivity contribution in [2.24, 2.45) is 5.92 Å². The maximum Gasteiger partial charge on any atom is 0.133 e.